The van der Waals surface area contributed by atoms with E-state index in [2.05, 4.69) is 26.1 Å². The van der Waals surface area contributed by atoms with Crippen LogP contribution in [-0.4, -0.2) is 43.0 Å². The van der Waals surface area contributed by atoms with Gasteiger partial charge in [0.2, 0.25) is 5.91 Å². The Morgan fingerprint density at radius 2 is 1.83 bits per heavy atom. The van der Waals surface area contributed by atoms with Crippen molar-refractivity contribution in [3.8, 4) is 5.75 Å². The summed E-state index contributed by atoms with van der Waals surface area (Å²) in [5, 5.41) is 3.06. The molecule has 5 nitrogen and oxygen atoms in total. The first-order valence-electron chi connectivity index (χ1n) is 8.52. The number of likely N-dealkylation sites (tertiary alicyclic amines) is 1. The minimum Gasteiger partial charge on any atom is -0.496 e. The second-order valence-electron chi connectivity index (χ2n) is 7.57. The van der Waals surface area contributed by atoms with Crippen molar-refractivity contribution in [3.63, 3.8) is 0 Å². The maximum atomic E-state index is 12.4. The zero-order valence-corrected chi connectivity index (χ0v) is 15.1. The van der Waals surface area contributed by atoms with Crippen molar-refractivity contribution in [2.75, 3.05) is 20.2 Å². The molecule has 1 aliphatic rings. The van der Waals surface area contributed by atoms with Crippen LogP contribution < -0.4 is 10.1 Å². The Kier molecular flexibility index (Phi) is 5.86. The highest BCUT2D eigenvalue weighted by Crippen LogP contribution is 2.22. The van der Waals surface area contributed by atoms with Gasteiger partial charge in [0, 0.05) is 25.6 Å². The minimum atomic E-state index is -0.119. The molecule has 5 heteroatoms. The van der Waals surface area contributed by atoms with E-state index < -0.39 is 0 Å². The molecule has 0 radical (unpaired) electrons. The quantitative estimate of drug-likeness (QED) is 0.922. The number of carbonyl (C=O) groups excluding carboxylic acids is 2. The monoisotopic (exact) mass is 332 g/mol. The Morgan fingerprint density at radius 3 is 2.42 bits per heavy atom. The molecule has 0 spiro atoms. The van der Waals surface area contributed by atoms with Gasteiger partial charge in [-0.3, -0.25) is 9.59 Å². The van der Waals surface area contributed by atoms with Crippen molar-refractivity contribution in [3.05, 3.63) is 29.8 Å². The summed E-state index contributed by atoms with van der Waals surface area (Å²) >= 11 is 0. The maximum Gasteiger partial charge on any atom is 0.255 e. The number of amides is 2. The van der Waals surface area contributed by atoms with Crippen LogP contribution in [0.4, 0.5) is 0 Å². The van der Waals surface area contributed by atoms with Gasteiger partial charge in [0.25, 0.3) is 5.91 Å². The Bertz CT molecular complexity index is 585. The number of hydrogen-bond acceptors (Lipinski definition) is 3. The fourth-order valence-corrected chi connectivity index (χ4v) is 2.93. The number of ether oxygens (including phenoxy) is 1. The summed E-state index contributed by atoms with van der Waals surface area (Å²) in [6, 6.07) is 7.31. The minimum absolute atomic E-state index is 0.00596. The smallest absolute Gasteiger partial charge is 0.255 e. The largest absolute Gasteiger partial charge is 0.496 e. The number of carbonyl (C=O) groups is 2. The summed E-state index contributed by atoms with van der Waals surface area (Å²) < 4.78 is 5.24. The average molecular weight is 332 g/mol. The molecule has 2 rings (SSSR count). The fourth-order valence-electron chi connectivity index (χ4n) is 2.93. The molecule has 1 aromatic carbocycles. The summed E-state index contributed by atoms with van der Waals surface area (Å²) in [4.78, 5) is 26.6. The Labute approximate surface area is 144 Å². The lowest BCUT2D eigenvalue weighted by Gasteiger charge is -2.34. The zero-order valence-electron chi connectivity index (χ0n) is 15.1. The van der Waals surface area contributed by atoms with E-state index in [9.17, 15) is 9.59 Å². The van der Waals surface area contributed by atoms with Crippen molar-refractivity contribution < 1.29 is 14.3 Å². The molecule has 1 fully saturated rings. The second kappa shape index (κ2) is 7.69. The molecular weight excluding hydrogens is 304 g/mol. The zero-order chi connectivity index (χ0) is 17.7. The van der Waals surface area contributed by atoms with Gasteiger partial charge in [-0.05, 0) is 30.4 Å². The third-order valence-electron chi connectivity index (χ3n) is 4.22. The molecule has 0 atom stereocenters. The van der Waals surface area contributed by atoms with Gasteiger partial charge in [-0.25, -0.2) is 0 Å². The lowest BCUT2D eigenvalue weighted by Crippen LogP contribution is -2.47. The van der Waals surface area contributed by atoms with Gasteiger partial charge in [-0.2, -0.15) is 0 Å². The molecule has 1 N–H and O–H groups in total. The van der Waals surface area contributed by atoms with E-state index in [-0.39, 0.29) is 23.3 Å². The van der Waals surface area contributed by atoms with E-state index in [1.165, 1.54) is 0 Å². The van der Waals surface area contributed by atoms with Crippen molar-refractivity contribution >= 4 is 11.8 Å². The lowest BCUT2D eigenvalue weighted by molar-refractivity contribution is -0.134. The molecule has 0 saturated carbocycles. The first-order chi connectivity index (χ1) is 11.3. The summed E-state index contributed by atoms with van der Waals surface area (Å²) in [7, 11) is 1.56. The molecule has 2 amide bonds. The Hall–Kier alpha value is -2.04. The molecular formula is C19H28N2O3. The number of nitrogens with zero attached hydrogens (tertiary/aromatic N) is 1. The molecule has 132 valence electrons. The van der Waals surface area contributed by atoms with Gasteiger partial charge in [0.05, 0.1) is 12.7 Å². The summed E-state index contributed by atoms with van der Waals surface area (Å²) in [6.07, 6.45) is 2.14. The highest BCUT2D eigenvalue weighted by Gasteiger charge is 2.27. The Morgan fingerprint density at radius 1 is 1.21 bits per heavy atom. The molecule has 1 heterocycles. The number of piperidine rings is 1. The molecule has 0 bridgehead atoms. The van der Waals surface area contributed by atoms with Gasteiger partial charge in [0.15, 0.2) is 0 Å². The predicted molar refractivity (Wildman–Crippen MR) is 94.1 cm³/mol. The summed E-state index contributed by atoms with van der Waals surface area (Å²) in [5.41, 5.74) is 0.553. The number of para-hydroxylation sites is 1. The van der Waals surface area contributed by atoms with Crippen molar-refractivity contribution in [2.45, 2.75) is 46.1 Å². The van der Waals surface area contributed by atoms with E-state index in [0.717, 1.165) is 12.8 Å². The van der Waals surface area contributed by atoms with Crippen LogP contribution in [0.5, 0.6) is 5.75 Å². The van der Waals surface area contributed by atoms with E-state index in [1.807, 2.05) is 17.0 Å². The highest BCUT2D eigenvalue weighted by molar-refractivity contribution is 5.97. The van der Waals surface area contributed by atoms with Crippen LogP contribution in [0.2, 0.25) is 0 Å². The van der Waals surface area contributed by atoms with Crippen molar-refractivity contribution in [1.82, 2.24) is 10.2 Å². The molecule has 24 heavy (non-hydrogen) atoms. The van der Waals surface area contributed by atoms with Gasteiger partial charge in [-0.1, -0.05) is 32.9 Å². The van der Waals surface area contributed by atoms with Crippen LogP contribution in [0, 0.1) is 5.41 Å². The molecule has 0 aromatic heterocycles. The molecule has 0 aliphatic carbocycles. The van der Waals surface area contributed by atoms with E-state index in [4.69, 9.17) is 4.74 Å². The van der Waals surface area contributed by atoms with Gasteiger partial charge in [0.1, 0.15) is 5.75 Å². The second-order valence-corrected chi connectivity index (χ2v) is 7.57. The van der Waals surface area contributed by atoms with Crippen LogP contribution in [0.1, 0.15) is 50.4 Å². The molecule has 1 saturated heterocycles. The Balaban J connectivity index is 1.87. The van der Waals surface area contributed by atoms with E-state index in [0.29, 0.717) is 30.8 Å². The number of nitrogens with one attached hydrogen (secondary N) is 1. The first-order valence-corrected chi connectivity index (χ1v) is 8.52. The number of hydrogen-bond donors (Lipinski definition) is 1. The molecule has 0 unspecified atom stereocenters. The summed E-state index contributed by atoms with van der Waals surface area (Å²) in [6.45, 7) is 7.62. The van der Waals surface area contributed by atoms with Crippen LogP contribution in [-0.2, 0) is 4.79 Å². The summed E-state index contributed by atoms with van der Waals surface area (Å²) in [5.74, 6) is 0.664. The SMILES string of the molecule is COc1ccccc1C(=O)NC1CCN(C(=O)CC(C)(C)C)CC1. The molecule has 1 aliphatic heterocycles. The van der Waals surface area contributed by atoms with Gasteiger partial charge in [-0.15, -0.1) is 0 Å². The average Bonchev–Trinajstić information content (AvgIpc) is 2.53. The number of benzene rings is 1. The topological polar surface area (TPSA) is 58.6 Å². The van der Waals surface area contributed by atoms with Crippen LogP contribution in [0.25, 0.3) is 0 Å². The van der Waals surface area contributed by atoms with Gasteiger partial charge < -0.3 is 15.0 Å². The van der Waals surface area contributed by atoms with Crippen molar-refractivity contribution in [1.29, 1.82) is 0 Å². The number of methoxy groups -OCH3 is 1. The molecule has 1 aromatic rings. The van der Waals surface area contributed by atoms with E-state index in [1.54, 1.807) is 19.2 Å². The van der Waals surface area contributed by atoms with Crippen LogP contribution in [0.3, 0.4) is 0 Å². The highest BCUT2D eigenvalue weighted by atomic mass is 16.5. The lowest BCUT2D eigenvalue weighted by atomic mass is 9.91. The normalized spacial score (nSPS) is 15.9. The number of rotatable bonds is 4. The van der Waals surface area contributed by atoms with Crippen molar-refractivity contribution in [2.24, 2.45) is 5.41 Å². The first kappa shape index (κ1) is 18.3. The third-order valence-corrected chi connectivity index (χ3v) is 4.22. The fraction of sp³-hybridized carbons (Fsp3) is 0.579. The predicted octanol–water partition coefficient (Wildman–Crippen LogP) is 2.85. The standard InChI is InChI=1S/C19H28N2O3/c1-19(2,3)13-17(22)21-11-9-14(10-12-21)20-18(23)15-7-5-6-8-16(15)24-4/h5-8,14H,9-13H2,1-4H3,(H,20,23). The van der Waals surface area contributed by atoms with E-state index >= 15 is 0 Å². The van der Waals surface area contributed by atoms with Crippen LogP contribution in [0.15, 0.2) is 24.3 Å². The van der Waals surface area contributed by atoms with Crippen LogP contribution >= 0.6 is 0 Å². The third kappa shape index (κ3) is 4.98. The van der Waals surface area contributed by atoms with Gasteiger partial charge >= 0.3 is 0 Å². The maximum absolute atomic E-state index is 12.4.